The minimum Gasteiger partial charge on any atom is -0.0651 e. The van der Waals surface area contributed by atoms with Crippen LogP contribution in [0.25, 0.3) is 0 Å². The molecule has 0 heterocycles. The van der Waals surface area contributed by atoms with E-state index in [2.05, 4.69) is 34.6 Å². The lowest BCUT2D eigenvalue weighted by molar-refractivity contribution is 0.235. The lowest BCUT2D eigenvalue weighted by Gasteiger charge is -2.26. The zero-order chi connectivity index (χ0) is 9.85. The van der Waals surface area contributed by atoms with Gasteiger partial charge in [-0.2, -0.15) is 0 Å². The monoisotopic (exact) mass is 180 g/mol. The summed E-state index contributed by atoms with van der Waals surface area (Å²) in [6, 6.07) is 0. The van der Waals surface area contributed by atoms with Gasteiger partial charge >= 0.3 is 0 Å². The van der Waals surface area contributed by atoms with Gasteiger partial charge in [0, 0.05) is 0 Å². The molecule has 2 aliphatic carbocycles. The van der Waals surface area contributed by atoms with E-state index in [-0.39, 0.29) is 0 Å². The molecular weight excluding hydrogens is 156 g/mol. The van der Waals surface area contributed by atoms with Gasteiger partial charge in [0.1, 0.15) is 0 Å². The van der Waals surface area contributed by atoms with Gasteiger partial charge in [-0.25, -0.2) is 0 Å². The third kappa shape index (κ3) is 0.877. The Morgan fingerprint density at radius 2 is 1.92 bits per heavy atom. The topological polar surface area (TPSA) is 0 Å². The van der Waals surface area contributed by atoms with Crippen molar-refractivity contribution in [3.63, 3.8) is 0 Å². The molecule has 0 heteroatoms. The Labute approximate surface area is 83.1 Å². The van der Waals surface area contributed by atoms with Crippen molar-refractivity contribution in [2.45, 2.75) is 53.9 Å². The number of hydrogen-bond acceptors (Lipinski definition) is 0. The van der Waals surface area contributed by atoms with Gasteiger partial charge in [0.2, 0.25) is 0 Å². The zero-order valence-electron chi connectivity index (χ0n) is 9.85. The molecule has 0 bridgehead atoms. The van der Waals surface area contributed by atoms with Gasteiger partial charge < -0.3 is 0 Å². The van der Waals surface area contributed by atoms with Gasteiger partial charge in [-0.05, 0) is 41.4 Å². The summed E-state index contributed by atoms with van der Waals surface area (Å²) in [5.41, 5.74) is 1.38. The smallest absolute Gasteiger partial charge is 0.0210 e. The third-order valence-corrected chi connectivity index (χ3v) is 5.71. The highest BCUT2D eigenvalue weighted by molar-refractivity contribution is 5.22. The van der Waals surface area contributed by atoms with Gasteiger partial charge in [0.05, 0.1) is 0 Å². The molecule has 0 nitrogen and oxygen atoms in total. The first-order valence-electron chi connectivity index (χ1n) is 5.98. The minimum atomic E-state index is 0.673. The molecule has 0 aromatic carbocycles. The fourth-order valence-electron chi connectivity index (χ4n) is 4.49. The molecule has 2 saturated carbocycles. The Morgan fingerprint density at radius 1 is 1.31 bits per heavy atom. The van der Waals surface area contributed by atoms with Crippen LogP contribution >= 0.6 is 0 Å². The molecule has 76 valence electrons. The van der Waals surface area contributed by atoms with Gasteiger partial charge in [-0.15, -0.1) is 0 Å². The normalized spacial score (nSPS) is 54.0. The summed E-state index contributed by atoms with van der Waals surface area (Å²) in [6.07, 6.45) is 4.40. The van der Waals surface area contributed by atoms with Gasteiger partial charge in [-0.1, -0.05) is 41.0 Å². The fourth-order valence-corrected chi connectivity index (χ4v) is 4.49. The summed E-state index contributed by atoms with van der Waals surface area (Å²) in [6.45, 7) is 12.3. The van der Waals surface area contributed by atoms with Crippen molar-refractivity contribution in [3.05, 3.63) is 0 Å². The van der Waals surface area contributed by atoms with E-state index in [1.165, 1.54) is 19.3 Å². The molecule has 0 aromatic rings. The first kappa shape index (κ1) is 9.55. The Hall–Kier alpha value is 0. The van der Waals surface area contributed by atoms with E-state index in [1.54, 1.807) is 0 Å². The second kappa shape index (κ2) is 2.52. The van der Waals surface area contributed by atoms with Crippen LogP contribution in [0.5, 0.6) is 0 Å². The van der Waals surface area contributed by atoms with Crippen LogP contribution in [0.4, 0.5) is 0 Å². The SMILES string of the molecule is CCC1CCC2(C)[C@@H]1C2(C)C(C)C. The highest BCUT2D eigenvalue weighted by Crippen LogP contribution is 2.81. The Bertz CT molecular complexity index is 218. The van der Waals surface area contributed by atoms with Crippen LogP contribution in [0, 0.1) is 28.6 Å². The molecule has 0 saturated heterocycles. The van der Waals surface area contributed by atoms with Gasteiger partial charge in [0.15, 0.2) is 0 Å². The van der Waals surface area contributed by atoms with E-state index in [1.807, 2.05) is 0 Å². The van der Waals surface area contributed by atoms with Crippen molar-refractivity contribution >= 4 is 0 Å². The summed E-state index contributed by atoms with van der Waals surface area (Å²) in [4.78, 5) is 0. The molecule has 0 radical (unpaired) electrons. The maximum absolute atomic E-state index is 2.54. The van der Waals surface area contributed by atoms with Crippen molar-refractivity contribution in [1.29, 1.82) is 0 Å². The molecule has 0 aliphatic heterocycles. The average Bonchev–Trinajstić information content (AvgIpc) is 2.41. The van der Waals surface area contributed by atoms with Gasteiger partial charge in [-0.3, -0.25) is 0 Å². The van der Waals surface area contributed by atoms with Gasteiger partial charge in [0.25, 0.3) is 0 Å². The molecule has 0 spiro atoms. The Balaban J connectivity index is 2.22. The minimum absolute atomic E-state index is 0.673. The van der Waals surface area contributed by atoms with Crippen molar-refractivity contribution < 1.29 is 0 Å². The van der Waals surface area contributed by atoms with Crippen LogP contribution in [0.1, 0.15) is 53.9 Å². The zero-order valence-corrected chi connectivity index (χ0v) is 9.85. The molecular formula is C13H24. The fraction of sp³-hybridized carbons (Fsp3) is 1.00. The molecule has 3 unspecified atom stereocenters. The summed E-state index contributed by atoms with van der Waals surface area (Å²) in [5, 5.41) is 0. The van der Waals surface area contributed by atoms with Crippen molar-refractivity contribution in [3.8, 4) is 0 Å². The second-order valence-electron chi connectivity index (χ2n) is 6.04. The van der Waals surface area contributed by atoms with Crippen molar-refractivity contribution in [1.82, 2.24) is 0 Å². The maximum Gasteiger partial charge on any atom is -0.0210 e. The van der Waals surface area contributed by atoms with Crippen LogP contribution in [0.15, 0.2) is 0 Å². The second-order valence-corrected chi connectivity index (χ2v) is 6.04. The Kier molecular flexibility index (Phi) is 1.85. The first-order chi connectivity index (χ1) is 5.98. The summed E-state index contributed by atoms with van der Waals surface area (Å²) in [5.74, 6) is 2.96. The molecule has 2 fully saturated rings. The number of fused-ring (bicyclic) bond motifs is 1. The summed E-state index contributed by atoms with van der Waals surface area (Å²) in [7, 11) is 0. The van der Waals surface area contributed by atoms with Crippen LogP contribution in [-0.4, -0.2) is 0 Å². The highest BCUT2D eigenvalue weighted by atomic mass is 14.8. The average molecular weight is 180 g/mol. The van der Waals surface area contributed by atoms with E-state index in [0.717, 1.165) is 17.8 Å². The Morgan fingerprint density at radius 3 is 2.31 bits per heavy atom. The number of hydrogen-bond donors (Lipinski definition) is 0. The van der Waals surface area contributed by atoms with Crippen LogP contribution < -0.4 is 0 Å². The first-order valence-corrected chi connectivity index (χ1v) is 5.98. The lowest BCUT2D eigenvalue weighted by Crippen LogP contribution is -2.18. The standard InChI is InChI=1S/C13H24/c1-6-10-7-8-12(4)11(10)13(12,5)9(2)3/h9-11H,6-8H2,1-5H3/t10?,11-,12?,13?/m1/s1. The lowest BCUT2D eigenvalue weighted by atomic mass is 9.79. The largest absolute Gasteiger partial charge is 0.0651 e. The van der Waals surface area contributed by atoms with Crippen LogP contribution in [-0.2, 0) is 0 Å². The molecule has 2 aliphatic rings. The summed E-state index contributed by atoms with van der Waals surface area (Å²) >= 11 is 0. The van der Waals surface area contributed by atoms with E-state index >= 15 is 0 Å². The van der Waals surface area contributed by atoms with Crippen molar-refractivity contribution in [2.75, 3.05) is 0 Å². The van der Waals surface area contributed by atoms with E-state index < -0.39 is 0 Å². The van der Waals surface area contributed by atoms with E-state index in [0.29, 0.717) is 10.8 Å². The predicted octanol–water partition coefficient (Wildman–Crippen LogP) is 4.10. The molecule has 4 atom stereocenters. The van der Waals surface area contributed by atoms with Crippen LogP contribution in [0.3, 0.4) is 0 Å². The summed E-state index contributed by atoms with van der Waals surface area (Å²) < 4.78 is 0. The van der Waals surface area contributed by atoms with Crippen LogP contribution in [0.2, 0.25) is 0 Å². The molecule has 2 rings (SSSR count). The third-order valence-electron chi connectivity index (χ3n) is 5.71. The molecule has 0 N–H and O–H groups in total. The number of rotatable bonds is 2. The van der Waals surface area contributed by atoms with E-state index in [4.69, 9.17) is 0 Å². The molecule has 0 amide bonds. The maximum atomic E-state index is 2.54. The quantitative estimate of drug-likeness (QED) is 0.600. The van der Waals surface area contributed by atoms with Crippen molar-refractivity contribution in [2.24, 2.45) is 28.6 Å². The molecule has 0 aromatic heterocycles. The van der Waals surface area contributed by atoms with E-state index in [9.17, 15) is 0 Å². The predicted molar refractivity (Wildman–Crippen MR) is 57.6 cm³/mol. The molecule has 13 heavy (non-hydrogen) atoms. The highest BCUT2D eigenvalue weighted by Gasteiger charge is 2.75.